The third-order valence-corrected chi connectivity index (χ3v) is 5.25. The van der Waals surface area contributed by atoms with Crippen molar-refractivity contribution in [1.82, 2.24) is 24.3 Å². The van der Waals surface area contributed by atoms with Crippen LogP contribution in [0.1, 0.15) is 25.1 Å². The van der Waals surface area contributed by atoms with Crippen LogP contribution in [0.2, 0.25) is 0 Å². The lowest BCUT2D eigenvalue weighted by Gasteiger charge is -2.36. The summed E-state index contributed by atoms with van der Waals surface area (Å²) in [7, 11) is 3.70. The van der Waals surface area contributed by atoms with Crippen LogP contribution in [0.25, 0.3) is 0 Å². The average molecular weight is 319 g/mol. The second-order valence-electron chi connectivity index (χ2n) is 7.20. The minimum Gasteiger partial charge on any atom is -0.335 e. The van der Waals surface area contributed by atoms with Gasteiger partial charge in [-0.15, -0.1) is 0 Å². The van der Waals surface area contributed by atoms with E-state index in [1.54, 1.807) is 4.90 Å². The Morgan fingerprint density at radius 2 is 2.09 bits per heavy atom. The molecule has 0 unspecified atom stereocenters. The van der Waals surface area contributed by atoms with Crippen LogP contribution >= 0.6 is 0 Å². The highest BCUT2D eigenvalue weighted by Crippen LogP contribution is 2.28. The number of urea groups is 1. The molecule has 6 heteroatoms. The molecule has 0 N–H and O–H groups in total. The molecule has 1 aromatic rings. The molecular weight excluding hydrogens is 290 g/mol. The molecule has 0 radical (unpaired) electrons. The third-order valence-electron chi connectivity index (χ3n) is 5.25. The molecule has 23 heavy (non-hydrogen) atoms. The van der Waals surface area contributed by atoms with Crippen molar-refractivity contribution < 1.29 is 4.79 Å². The standard InChI is InChI=1S/C17H29N5O/c1-14-18-7-10-20(14)8-4-9-21-11-15-5-6-16(21)13-22(12-15)17(23)19(2)3/h7,10,15-16H,4-6,8-9,11-13H2,1-3H3/t15-,16-/m0/s1. The Bertz CT molecular complexity index is 541. The van der Waals surface area contributed by atoms with Gasteiger partial charge in [-0.25, -0.2) is 9.78 Å². The minimum atomic E-state index is 0.165. The van der Waals surface area contributed by atoms with Gasteiger partial charge in [0, 0.05) is 65.3 Å². The van der Waals surface area contributed by atoms with E-state index in [-0.39, 0.29) is 6.03 Å². The lowest BCUT2D eigenvalue weighted by atomic mass is 9.95. The Morgan fingerprint density at radius 3 is 2.78 bits per heavy atom. The van der Waals surface area contributed by atoms with E-state index >= 15 is 0 Å². The molecule has 3 aliphatic heterocycles. The van der Waals surface area contributed by atoms with Gasteiger partial charge in [0.1, 0.15) is 5.82 Å². The van der Waals surface area contributed by atoms with Crippen molar-refractivity contribution in [2.24, 2.45) is 5.92 Å². The van der Waals surface area contributed by atoms with E-state index in [1.165, 1.54) is 12.8 Å². The maximum absolute atomic E-state index is 12.3. The van der Waals surface area contributed by atoms with Gasteiger partial charge in [0.15, 0.2) is 0 Å². The molecule has 128 valence electrons. The van der Waals surface area contributed by atoms with Crippen molar-refractivity contribution >= 4 is 6.03 Å². The summed E-state index contributed by atoms with van der Waals surface area (Å²) in [6.45, 7) is 7.15. The highest BCUT2D eigenvalue weighted by Gasteiger charge is 2.36. The predicted molar refractivity (Wildman–Crippen MR) is 90.3 cm³/mol. The van der Waals surface area contributed by atoms with Crippen LogP contribution in [0.3, 0.4) is 0 Å². The first-order valence-electron chi connectivity index (χ1n) is 8.72. The molecule has 6 nitrogen and oxygen atoms in total. The van der Waals surface area contributed by atoms with Gasteiger partial charge in [0.2, 0.25) is 0 Å². The molecule has 2 atom stereocenters. The summed E-state index contributed by atoms with van der Waals surface area (Å²) in [5.41, 5.74) is 0. The van der Waals surface area contributed by atoms with Crippen LogP contribution in [-0.2, 0) is 6.54 Å². The third kappa shape index (κ3) is 3.68. The second-order valence-corrected chi connectivity index (χ2v) is 7.20. The van der Waals surface area contributed by atoms with E-state index in [0.29, 0.717) is 12.0 Å². The van der Waals surface area contributed by atoms with E-state index in [9.17, 15) is 4.79 Å². The SMILES string of the molecule is Cc1nccn1CCCN1C[C@@H]2CC[C@H]1CN(C(=O)N(C)C)C2. The zero-order valence-electron chi connectivity index (χ0n) is 14.6. The average Bonchev–Trinajstić information content (AvgIpc) is 2.74. The highest BCUT2D eigenvalue weighted by atomic mass is 16.2. The molecule has 4 heterocycles. The summed E-state index contributed by atoms with van der Waals surface area (Å²) >= 11 is 0. The zero-order valence-corrected chi connectivity index (χ0v) is 14.6. The van der Waals surface area contributed by atoms with Crippen molar-refractivity contribution in [3.8, 4) is 0 Å². The molecule has 2 bridgehead atoms. The van der Waals surface area contributed by atoms with Gasteiger partial charge in [0.05, 0.1) is 0 Å². The number of carbonyl (C=O) groups excluding carboxylic acids is 1. The fourth-order valence-electron chi connectivity index (χ4n) is 3.98. The lowest BCUT2D eigenvalue weighted by molar-refractivity contribution is 0.127. The molecular formula is C17H29N5O. The van der Waals surface area contributed by atoms with Gasteiger partial charge in [0.25, 0.3) is 0 Å². The van der Waals surface area contributed by atoms with E-state index in [1.807, 2.05) is 20.3 Å². The number of aromatic nitrogens is 2. The summed E-state index contributed by atoms with van der Waals surface area (Å²) in [6, 6.07) is 0.694. The number of hydrogen-bond acceptors (Lipinski definition) is 3. The first kappa shape index (κ1) is 16.3. The normalized spacial score (nSPS) is 24.7. The fraction of sp³-hybridized carbons (Fsp3) is 0.765. The zero-order chi connectivity index (χ0) is 16.4. The van der Waals surface area contributed by atoms with E-state index in [0.717, 1.165) is 45.0 Å². The van der Waals surface area contributed by atoms with E-state index in [2.05, 4.69) is 32.5 Å². The fourth-order valence-corrected chi connectivity index (χ4v) is 3.98. The van der Waals surface area contributed by atoms with Gasteiger partial charge >= 0.3 is 6.03 Å². The largest absolute Gasteiger partial charge is 0.335 e. The van der Waals surface area contributed by atoms with E-state index < -0.39 is 0 Å². The van der Waals surface area contributed by atoms with Crippen molar-refractivity contribution in [2.45, 2.75) is 38.8 Å². The van der Waals surface area contributed by atoms with Crippen molar-refractivity contribution in [3.63, 3.8) is 0 Å². The van der Waals surface area contributed by atoms with Crippen LogP contribution < -0.4 is 0 Å². The van der Waals surface area contributed by atoms with Gasteiger partial charge in [-0.2, -0.15) is 0 Å². The Labute approximate surface area is 139 Å². The topological polar surface area (TPSA) is 44.6 Å². The molecule has 1 aromatic heterocycles. The Morgan fingerprint density at radius 1 is 1.26 bits per heavy atom. The van der Waals surface area contributed by atoms with Gasteiger partial charge in [-0.3, -0.25) is 4.90 Å². The highest BCUT2D eigenvalue weighted by molar-refractivity contribution is 5.74. The number of nitrogens with zero attached hydrogens (tertiary/aromatic N) is 5. The lowest BCUT2D eigenvalue weighted by Crippen LogP contribution is -2.46. The number of carbonyl (C=O) groups is 1. The van der Waals surface area contributed by atoms with Crippen LogP contribution in [0, 0.1) is 12.8 Å². The summed E-state index contributed by atoms with van der Waals surface area (Å²) in [6.07, 6.45) is 7.56. The van der Waals surface area contributed by atoms with Crippen LogP contribution in [0.15, 0.2) is 12.4 Å². The number of hydrogen-bond donors (Lipinski definition) is 0. The Kier molecular flexibility index (Phi) is 4.90. The van der Waals surface area contributed by atoms with Crippen LogP contribution in [0.4, 0.5) is 4.79 Å². The van der Waals surface area contributed by atoms with E-state index in [4.69, 9.17) is 0 Å². The molecule has 0 saturated carbocycles. The van der Waals surface area contributed by atoms with Crippen LogP contribution in [-0.4, -0.2) is 76.6 Å². The smallest absolute Gasteiger partial charge is 0.319 e. The number of fused-ring (bicyclic) bond motifs is 4. The minimum absolute atomic E-state index is 0.165. The molecule has 4 rings (SSSR count). The second kappa shape index (κ2) is 6.91. The predicted octanol–water partition coefficient (Wildman–Crippen LogP) is 1.66. The monoisotopic (exact) mass is 319 g/mol. The maximum atomic E-state index is 12.3. The molecule has 2 amide bonds. The molecule has 0 aromatic carbocycles. The number of aryl methyl sites for hydroxylation is 2. The number of imidazole rings is 1. The molecule has 3 fully saturated rings. The Balaban J connectivity index is 1.55. The number of rotatable bonds is 4. The van der Waals surface area contributed by atoms with Crippen LogP contribution in [0.5, 0.6) is 0 Å². The molecule has 0 aliphatic carbocycles. The quantitative estimate of drug-likeness (QED) is 0.848. The van der Waals surface area contributed by atoms with Gasteiger partial charge in [-0.05, 0) is 32.1 Å². The first-order valence-corrected chi connectivity index (χ1v) is 8.72. The van der Waals surface area contributed by atoms with Crippen molar-refractivity contribution in [1.29, 1.82) is 0 Å². The summed E-state index contributed by atoms with van der Waals surface area (Å²) < 4.78 is 2.22. The first-order chi connectivity index (χ1) is 11.0. The van der Waals surface area contributed by atoms with Gasteiger partial charge in [-0.1, -0.05) is 0 Å². The number of amides is 2. The van der Waals surface area contributed by atoms with Crippen molar-refractivity contribution in [2.75, 3.05) is 40.3 Å². The summed E-state index contributed by atoms with van der Waals surface area (Å²) in [4.78, 5) is 23.0. The molecule has 3 saturated heterocycles. The maximum Gasteiger partial charge on any atom is 0.319 e. The number of piperidine rings is 1. The van der Waals surface area contributed by atoms with Gasteiger partial charge < -0.3 is 14.4 Å². The molecule has 3 aliphatic rings. The van der Waals surface area contributed by atoms with Crippen molar-refractivity contribution in [3.05, 3.63) is 18.2 Å². The Hall–Kier alpha value is -1.56. The molecule has 0 spiro atoms. The summed E-state index contributed by atoms with van der Waals surface area (Å²) in [5.74, 6) is 1.72. The summed E-state index contributed by atoms with van der Waals surface area (Å²) in [5, 5.41) is 0.